The van der Waals surface area contributed by atoms with E-state index in [4.69, 9.17) is 0 Å². The van der Waals surface area contributed by atoms with Crippen molar-refractivity contribution in [2.24, 2.45) is 0 Å². The smallest absolute Gasteiger partial charge is 0.0755 e. The van der Waals surface area contributed by atoms with E-state index in [1.165, 1.54) is 10.6 Å². The van der Waals surface area contributed by atoms with E-state index in [0.29, 0.717) is 0 Å². The molecular weight excluding hydrogens is 230 g/mol. The molecule has 2 heterocycles. The van der Waals surface area contributed by atoms with E-state index in [2.05, 4.69) is 59.4 Å². The van der Waals surface area contributed by atoms with Gasteiger partial charge >= 0.3 is 0 Å². The summed E-state index contributed by atoms with van der Waals surface area (Å²) in [6.07, 6.45) is 1.87. The first-order valence-electron chi connectivity index (χ1n) is 5.83. The van der Waals surface area contributed by atoms with Gasteiger partial charge in [-0.05, 0) is 38.3 Å². The fraction of sp³-hybridized carbons (Fsp3) is 0.462. The summed E-state index contributed by atoms with van der Waals surface area (Å²) >= 11 is 1.77. The molecule has 0 aliphatic carbocycles. The van der Waals surface area contributed by atoms with Gasteiger partial charge in [0.2, 0.25) is 0 Å². The van der Waals surface area contributed by atoms with Crippen LogP contribution in [0.2, 0.25) is 0 Å². The Morgan fingerprint density at radius 1 is 1.35 bits per heavy atom. The highest BCUT2D eigenvalue weighted by Gasteiger charge is 2.10. The Labute approximate surface area is 106 Å². The quantitative estimate of drug-likeness (QED) is 0.903. The molecule has 0 aromatic carbocycles. The number of thiophene rings is 1. The predicted molar refractivity (Wildman–Crippen MR) is 72.2 cm³/mol. The van der Waals surface area contributed by atoms with Gasteiger partial charge in [-0.1, -0.05) is 6.07 Å². The van der Waals surface area contributed by atoms with Crippen molar-refractivity contribution >= 4 is 11.3 Å². The number of hydrogen-bond donors (Lipinski definition) is 1. The van der Waals surface area contributed by atoms with Gasteiger partial charge in [-0.3, -0.25) is 4.68 Å². The second kappa shape index (κ2) is 5.02. The van der Waals surface area contributed by atoms with E-state index in [1.807, 2.05) is 6.20 Å². The minimum absolute atomic E-state index is 0.137. The highest BCUT2D eigenvalue weighted by molar-refractivity contribution is 7.09. The molecule has 0 aliphatic heterocycles. The minimum atomic E-state index is 0.137. The zero-order valence-corrected chi connectivity index (χ0v) is 11.4. The van der Waals surface area contributed by atoms with Crippen LogP contribution in [0.3, 0.4) is 0 Å². The second-order valence-corrected chi connectivity index (χ2v) is 6.20. The fourth-order valence-electron chi connectivity index (χ4n) is 1.56. The number of nitrogens with one attached hydrogen (secondary N) is 1. The molecule has 92 valence electrons. The van der Waals surface area contributed by atoms with E-state index in [1.54, 1.807) is 11.3 Å². The maximum atomic E-state index is 4.38. The Hall–Kier alpha value is -1.13. The number of nitrogens with zero attached hydrogens (tertiary/aromatic N) is 2. The van der Waals surface area contributed by atoms with Crippen molar-refractivity contribution in [3.05, 3.63) is 40.3 Å². The number of aromatic nitrogens is 2. The molecule has 2 rings (SSSR count). The first kappa shape index (κ1) is 12.3. The average Bonchev–Trinajstić information content (AvgIpc) is 2.86. The second-order valence-electron chi connectivity index (χ2n) is 5.16. The van der Waals surface area contributed by atoms with Crippen LogP contribution in [0.25, 0.3) is 0 Å². The average molecular weight is 249 g/mol. The van der Waals surface area contributed by atoms with Crippen molar-refractivity contribution in [2.75, 3.05) is 0 Å². The summed E-state index contributed by atoms with van der Waals surface area (Å²) in [6, 6.07) is 6.30. The van der Waals surface area contributed by atoms with Gasteiger partial charge in [0.1, 0.15) is 0 Å². The molecule has 1 N–H and O–H groups in total. The summed E-state index contributed by atoms with van der Waals surface area (Å²) in [7, 11) is 0. The molecule has 0 saturated heterocycles. The van der Waals surface area contributed by atoms with Gasteiger partial charge in [0, 0.05) is 23.2 Å². The Morgan fingerprint density at radius 2 is 2.18 bits per heavy atom. The van der Waals surface area contributed by atoms with Gasteiger partial charge in [0.15, 0.2) is 0 Å². The molecule has 0 unspecified atom stereocenters. The number of hydrogen-bond acceptors (Lipinski definition) is 3. The molecule has 4 heteroatoms. The van der Waals surface area contributed by atoms with E-state index in [0.717, 1.165) is 13.1 Å². The Balaban J connectivity index is 2.02. The van der Waals surface area contributed by atoms with Gasteiger partial charge in [-0.2, -0.15) is 5.10 Å². The molecule has 17 heavy (non-hydrogen) atoms. The zero-order valence-electron chi connectivity index (χ0n) is 10.6. The Morgan fingerprint density at radius 3 is 2.82 bits per heavy atom. The van der Waals surface area contributed by atoms with Crippen LogP contribution in [-0.4, -0.2) is 15.3 Å². The van der Waals surface area contributed by atoms with Gasteiger partial charge in [-0.25, -0.2) is 0 Å². The summed E-state index contributed by atoms with van der Waals surface area (Å²) in [4.78, 5) is 1.34. The van der Waals surface area contributed by atoms with Crippen molar-refractivity contribution in [3.8, 4) is 0 Å². The molecule has 0 bridgehead atoms. The fourth-order valence-corrected chi connectivity index (χ4v) is 2.24. The molecule has 0 fully saturated rings. The third kappa shape index (κ3) is 3.68. The standard InChI is InChI=1S/C13H19N3S/c1-13(2,3)14-9-11-6-7-15-16(11)10-12-5-4-8-17-12/h4-8,14H,9-10H2,1-3H3. The van der Waals surface area contributed by atoms with Crippen LogP contribution < -0.4 is 5.32 Å². The van der Waals surface area contributed by atoms with Crippen molar-refractivity contribution in [3.63, 3.8) is 0 Å². The lowest BCUT2D eigenvalue weighted by Crippen LogP contribution is -2.35. The first-order valence-corrected chi connectivity index (χ1v) is 6.71. The molecule has 3 nitrogen and oxygen atoms in total. The van der Waals surface area contributed by atoms with Crippen LogP contribution in [0.5, 0.6) is 0 Å². The van der Waals surface area contributed by atoms with E-state index in [-0.39, 0.29) is 5.54 Å². The summed E-state index contributed by atoms with van der Waals surface area (Å²) < 4.78 is 2.06. The topological polar surface area (TPSA) is 29.9 Å². The van der Waals surface area contributed by atoms with Crippen molar-refractivity contribution in [2.45, 2.75) is 39.4 Å². The minimum Gasteiger partial charge on any atom is -0.306 e. The monoisotopic (exact) mass is 249 g/mol. The molecule has 0 spiro atoms. The Bertz CT molecular complexity index is 451. The lowest BCUT2D eigenvalue weighted by atomic mass is 10.1. The lowest BCUT2D eigenvalue weighted by Gasteiger charge is -2.20. The van der Waals surface area contributed by atoms with Crippen LogP contribution >= 0.6 is 11.3 Å². The summed E-state index contributed by atoms with van der Waals surface area (Å²) in [5.74, 6) is 0. The molecule has 2 aromatic rings. The summed E-state index contributed by atoms with van der Waals surface area (Å²) in [5, 5.41) is 9.96. The highest BCUT2D eigenvalue weighted by atomic mass is 32.1. The van der Waals surface area contributed by atoms with Crippen molar-refractivity contribution in [1.29, 1.82) is 0 Å². The zero-order chi connectivity index (χ0) is 12.3. The van der Waals surface area contributed by atoms with Crippen LogP contribution in [0.15, 0.2) is 29.8 Å². The van der Waals surface area contributed by atoms with Gasteiger partial charge < -0.3 is 5.32 Å². The maximum absolute atomic E-state index is 4.38. The normalized spacial score (nSPS) is 11.9. The van der Waals surface area contributed by atoms with Crippen molar-refractivity contribution in [1.82, 2.24) is 15.1 Å². The highest BCUT2D eigenvalue weighted by Crippen LogP contribution is 2.12. The predicted octanol–water partition coefficient (Wildman–Crippen LogP) is 2.88. The maximum Gasteiger partial charge on any atom is 0.0755 e. The van der Waals surface area contributed by atoms with E-state index in [9.17, 15) is 0 Å². The molecule has 0 atom stereocenters. The summed E-state index contributed by atoms with van der Waals surface area (Å²) in [5.41, 5.74) is 1.37. The van der Waals surface area contributed by atoms with E-state index < -0.39 is 0 Å². The molecule has 0 aliphatic rings. The van der Waals surface area contributed by atoms with Crippen LogP contribution in [-0.2, 0) is 13.1 Å². The number of rotatable bonds is 4. The third-order valence-electron chi connectivity index (χ3n) is 2.49. The van der Waals surface area contributed by atoms with Gasteiger partial charge in [0.05, 0.1) is 12.2 Å². The molecule has 2 aromatic heterocycles. The largest absolute Gasteiger partial charge is 0.306 e. The molecule has 0 amide bonds. The van der Waals surface area contributed by atoms with Crippen LogP contribution in [0, 0.1) is 0 Å². The van der Waals surface area contributed by atoms with Crippen LogP contribution in [0.4, 0.5) is 0 Å². The molecule has 0 saturated carbocycles. The SMILES string of the molecule is CC(C)(C)NCc1ccnn1Cc1cccs1. The summed E-state index contributed by atoms with van der Waals surface area (Å²) in [6.45, 7) is 8.24. The first-order chi connectivity index (χ1) is 8.04. The van der Waals surface area contributed by atoms with E-state index >= 15 is 0 Å². The van der Waals surface area contributed by atoms with Crippen LogP contribution in [0.1, 0.15) is 31.3 Å². The lowest BCUT2D eigenvalue weighted by molar-refractivity contribution is 0.414. The third-order valence-corrected chi connectivity index (χ3v) is 3.35. The van der Waals surface area contributed by atoms with Crippen molar-refractivity contribution < 1.29 is 0 Å². The van der Waals surface area contributed by atoms with Gasteiger partial charge in [-0.15, -0.1) is 11.3 Å². The van der Waals surface area contributed by atoms with Gasteiger partial charge in [0.25, 0.3) is 0 Å². The molecular formula is C13H19N3S. The molecule has 0 radical (unpaired) electrons. The Kier molecular flexibility index (Phi) is 3.64.